The predicted molar refractivity (Wildman–Crippen MR) is 101 cm³/mol. The van der Waals surface area contributed by atoms with Gasteiger partial charge in [0.2, 0.25) is 0 Å². The molecule has 0 radical (unpaired) electrons. The first-order chi connectivity index (χ1) is 11.3. The molecule has 2 aromatic carbocycles. The number of nitro benzene ring substituents is 1. The van der Waals surface area contributed by atoms with Crippen molar-refractivity contribution in [2.24, 2.45) is 0 Å². The normalized spacial score (nSPS) is 10.1. The monoisotopic (exact) mass is 330 g/mol. The SMILES string of the molecule is CC(C)Nc1ccccc1N.CC(C)Nc1ccccc1[N+](=O)[O-]. The maximum Gasteiger partial charge on any atom is 0.292 e. The molecule has 130 valence electrons. The fraction of sp³-hybridized carbons (Fsp3) is 0.333. The highest BCUT2D eigenvalue weighted by atomic mass is 16.6. The summed E-state index contributed by atoms with van der Waals surface area (Å²) in [5.41, 5.74) is 8.22. The molecule has 0 bridgehead atoms. The Morgan fingerprint density at radius 2 is 1.33 bits per heavy atom. The molecule has 0 saturated carbocycles. The molecule has 24 heavy (non-hydrogen) atoms. The summed E-state index contributed by atoms with van der Waals surface area (Å²) in [7, 11) is 0. The number of nitrogen functional groups attached to an aromatic ring is 1. The van der Waals surface area contributed by atoms with Gasteiger partial charge in [-0.25, -0.2) is 0 Å². The van der Waals surface area contributed by atoms with E-state index in [1.807, 2.05) is 38.1 Å². The largest absolute Gasteiger partial charge is 0.397 e. The van der Waals surface area contributed by atoms with Crippen LogP contribution in [0.5, 0.6) is 0 Å². The molecule has 0 aromatic heterocycles. The smallest absolute Gasteiger partial charge is 0.292 e. The van der Waals surface area contributed by atoms with Crippen LogP contribution in [0.3, 0.4) is 0 Å². The number of nitrogens with one attached hydrogen (secondary N) is 2. The van der Waals surface area contributed by atoms with E-state index in [4.69, 9.17) is 5.73 Å². The first kappa shape index (κ1) is 19.3. The third-order valence-electron chi connectivity index (χ3n) is 2.95. The number of nitro groups is 1. The fourth-order valence-corrected chi connectivity index (χ4v) is 2.01. The second-order valence-electron chi connectivity index (χ2n) is 5.96. The molecule has 0 saturated heterocycles. The lowest BCUT2D eigenvalue weighted by Crippen LogP contribution is -2.10. The maximum atomic E-state index is 10.6. The van der Waals surface area contributed by atoms with E-state index in [1.165, 1.54) is 6.07 Å². The highest BCUT2D eigenvalue weighted by Gasteiger charge is 2.11. The zero-order valence-electron chi connectivity index (χ0n) is 14.6. The van der Waals surface area contributed by atoms with Crippen LogP contribution in [-0.4, -0.2) is 17.0 Å². The highest BCUT2D eigenvalue weighted by Crippen LogP contribution is 2.23. The number of anilines is 3. The summed E-state index contributed by atoms with van der Waals surface area (Å²) in [4.78, 5) is 10.2. The minimum atomic E-state index is -0.384. The van der Waals surface area contributed by atoms with E-state index in [1.54, 1.807) is 18.2 Å². The second kappa shape index (κ2) is 9.39. The van der Waals surface area contributed by atoms with Gasteiger partial charge in [-0.15, -0.1) is 0 Å². The molecule has 0 spiro atoms. The Kier molecular flexibility index (Phi) is 7.55. The molecule has 2 rings (SSSR count). The van der Waals surface area contributed by atoms with Gasteiger partial charge in [-0.2, -0.15) is 0 Å². The van der Waals surface area contributed by atoms with Gasteiger partial charge in [-0.05, 0) is 45.9 Å². The van der Waals surface area contributed by atoms with Crippen LogP contribution in [0.4, 0.5) is 22.7 Å². The van der Waals surface area contributed by atoms with Gasteiger partial charge in [0.05, 0.1) is 16.3 Å². The zero-order chi connectivity index (χ0) is 18.1. The Balaban J connectivity index is 0.000000243. The van der Waals surface area contributed by atoms with Crippen LogP contribution in [-0.2, 0) is 0 Å². The molecule has 6 heteroatoms. The molecule has 6 nitrogen and oxygen atoms in total. The lowest BCUT2D eigenvalue weighted by atomic mass is 10.2. The molecule has 0 amide bonds. The topological polar surface area (TPSA) is 93.2 Å². The van der Waals surface area contributed by atoms with E-state index in [0.717, 1.165) is 11.4 Å². The van der Waals surface area contributed by atoms with Gasteiger partial charge < -0.3 is 16.4 Å². The Labute approximate surface area is 143 Å². The molecule has 0 aliphatic heterocycles. The molecule has 0 heterocycles. The summed E-state index contributed by atoms with van der Waals surface area (Å²) in [5, 5.41) is 16.8. The molecule has 0 fully saturated rings. The third kappa shape index (κ3) is 6.56. The van der Waals surface area contributed by atoms with Crippen LogP contribution >= 0.6 is 0 Å². The quantitative estimate of drug-likeness (QED) is 0.426. The highest BCUT2D eigenvalue weighted by molar-refractivity contribution is 5.65. The maximum absolute atomic E-state index is 10.6. The lowest BCUT2D eigenvalue weighted by Gasteiger charge is -2.11. The number of para-hydroxylation sites is 4. The average Bonchev–Trinajstić information content (AvgIpc) is 2.49. The number of nitrogens with two attached hydrogens (primary N) is 1. The number of rotatable bonds is 5. The van der Waals surface area contributed by atoms with Crippen molar-refractivity contribution in [3.05, 3.63) is 58.6 Å². The summed E-state index contributed by atoms with van der Waals surface area (Å²) < 4.78 is 0. The number of hydrogen-bond acceptors (Lipinski definition) is 5. The van der Waals surface area contributed by atoms with Crippen molar-refractivity contribution in [3.63, 3.8) is 0 Å². The molecule has 0 aliphatic carbocycles. The van der Waals surface area contributed by atoms with Gasteiger partial charge in [-0.3, -0.25) is 10.1 Å². The molecule has 0 atom stereocenters. The van der Waals surface area contributed by atoms with Crippen molar-refractivity contribution in [2.45, 2.75) is 39.8 Å². The van der Waals surface area contributed by atoms with E-state index in [9.17, 15) is 10.1 Å². The van der Waals surface area contributed by atoms with E-state index in [0.29, 0.717) is 11.7 Å². The summed E-state index contributed by atoms with van der Waals surface area (Å²) in [6.07, 6.45) is 0. The van der Waals surface area contributed by atoms with Gasteiger partial charge in [0.15, 0.2) is 0 Å². The molecule has 4 N–H and O–H groups in total. The molecule has 0 aliphatic rings. The first-order valence-electron chi connectivity index (χ1n) is 7.92. The Morgan fingerprint density at radius 1 is 0.875 bits per heavy atom. The first-order valence-corrected chi connectivity index (χ1v) is 7.92. The van der Waals surface area contributed by atoms with Crippen molar-refractivity contribution in [2.75, 3.05) is 16.4 Å². The number of benzene rings is 2. The van der Waals surface area contributed by atoms with Crippen molar-refractivity contribution < 1.29 is 4.92 Å². The van der Waals surface area contributed by atoms with E-state index >= 15 is 0 Å². The Hall–Kier alpha value is -2.76. The van der Waals surface area contributed by atoms with E-state index in [2.05, 4.69) is 24.5 Å². The van der Waals surface area contributed by atoms with Crippen molar-refractivity contribution in [1.29, 1.82) is 0 Å². The van der Waals surface area contributed by atoms with Crippen molar-refractivity contribution >= 4 is 22.7 Å². The Bertz CT molecular complexity index is 657. The summed E-state index contributed by atoms with van der Waals surface area (Å²) >= 11 is 0. The van der Waals surface area contributed by atoms with Crippen LogP contribution in [0.25, 0.3) is 0 Å². The van der Waals surface area contributed by atoms with Crippen molar-refractivity contribution in [1.82, 2.24) is 0 Å². The Morgan fingerprint density at radius 3 is 1.83 bits per heavy atom. The van der Waals surface area contributed by atoms with E-state index < -0.39 is 0 Å². The van der Waals surface area contributed by atoms with Crippen LogP contribution in [0.2, 0.25) is 0 Å². The zero-order valence-corrected chi connectivity index (χ0v) is 14.6. The van der Waals surface area contributed by atoms with Crippen molar-refractivity contribution in [3.8, 4) is 0 Å². The summed E-state index contributed by atoms with van der Waals surface area (Å²) in [6, 6.07) is 15.0. The van der Waals surface area contributed by atoms with Crippen LogP contribution in [0.1, 0.15) is 27.7 Å². The van der Waals surface area contributed by atoms with Gasteiger partial charge in [0, 0.05) is 18.2 Å². The molecule has 0 unspecified atom stereocenters. The standard InChI is InChI=1S/C9H12N2O2.C9H14N2/c1-7(2)10-8-5-3-4-6-9(8)11(12)13;1-7(2)11-9-6-4-3-5-8(9)10/h3-7,10H,1-2H3;3-7,11H,10H2,1-2H3. The third-order valence-corrected chi connectivity index (χ3v) is 2.95. The predicted octanol–water partition coefficient (Wildman–Crippen LogP) is 4.50. The molecular weight excluding hydrogens is 304 g/mol. The lowest BCUT2D eigenvalue weighted by molar-refractivity contribution is -0.384. The van der Waals surface area contributed by atoms with Crippen LogP contribution < -0.4 is 16.4 Å². The average molecular weight is 330 g/mol. The van der Waals surface area contributed by atoms with Gasteiger partial charge in [0.1, 0.15) is 5.69 Å². The van der Waals surface area contributed by atoms with E-state index in [-0.39, 0.29) is 16.7 Å². The number of nitrogens with zero attached hydrogens (tertiary/aromatic N) is 1. The van der Waals surface area contributed by atoms with Gasteiger partial charge in [0.25, 0.3) is 5.69 Å². The molecular formula is C18H26N4O2. The fourth-order valence-electron chi connectivity index (χ4n) is 2.01. The summed E-state index contributed by atoms with van der Waals surface area (Å²) in [6.45, 7) is 8.06. The minimum Gasteiger partial charge on any atom is -0.397 e. The minimum absolute atomic E-state index is 0.121. The van der Waals surface area contributed by atoms with Crippen LogP contribution in [0.15, 0.2) is 48.5 Å². The summed E-state index contributed by atoms with van der Waals surface area (Å²) in [5.74, 6) is 0. The molecule has 2 aromatic rings. The number of hydrogen-bond donors (Lipinski definition) is 3. The van der Waals surface area contributed by atoms with Crippen LogP contribution in [0, 0.1) is 10.1 Å². The van der Waals surface area contributed by atoms with Gasteiger partial charge in [-0.1, -0.05) is 24.3 Å². The second-order valence-corrected chi connectivity index (χ2v) is 5.96. The van der Waals surface area contributed by atoms with Gasteiger partial charge >= 0.3 is 0 Å².